The first kappa shape index (κ1) is 16.5. The normalized spacial score (nSPS) is 20.5. The molecule has 24 heavy (non-hydrogen) atoms. The highest BCUT2D eigenvalue weighted by Crippen LogP contribution is 2.18. The number of nitrogens with zero attached hydrogens (tertiary/aromatic N) is 2. The quantitative estimate of drug-likeness (QED) is 0.786. The van der Waals surface area contributed by atoms with Gasteiger partial charge < -0.3 is 20.3 Å². The molecule has 2 amide bonds. The summed E-state index contributed by atoms with van der Waals surface area (Å²) >= 11 is 0. The SMILES string of the molecule is O=C(NCc1nccn1Cc1ccccc1)N[C@@H]1CCCC[C@H]1O. The van der Waals surface area contributed by atoms with E-state index in [1.165, 1.54) is 5.56 Å². The summed E-state index contributed by atoms with van der Waals surface area (Å²) in [6, 6.07) is 9.73. The van der Waals surface area contributed by atoms with E-state index in [0.29, 0.717) is 6.54 Å². The summed E-state index contributed by atoms with van der Waals surface area (Å²) in [5, 5.41) is 15.6. The van der Waals surface area contributed by atoms with Crippen LogP contribution in [0.15, 0.2) is 42.7 Å². The van der Waals surface area contributed by atoms with Crippen molar-refractivity contribution in [3.05, 3.63) is 54.1 Å². The lowest BCUT2D eigenvalue weighted by Crippen LogP contribution is -2.48. The number of carbonyl (C=O) groups is 1. The Hall–Kier alpha value is -2.34. The number of aliphatic hydroxyl groups excluding tert-OH is 1. The number of nitrogens with one attached hydrogen (secondary N) is 2. The molecule has 0 radical (unpaired) electrons. The van der Waals surface area contributed by atoms with Gasteiger partial charge in [-0.25, -0.2) is 9.78 Å². The average molecular weight is 328 g/mol. The lowest BCUT2D eigenvalue weighted by atomic mass is 9.93. The second kappa shape index (κ2) is 7.97. The van der Waals surface area contributed by atoms with Crippen molar-refractivity contribution in [3.8, 4) is 0 Å². The van der Waals surface area contributed by atoms with Crippen LogP contribution in [-0.4, -0.2) is 32.8 Å². The molecule has 3 rings (SSSR count). The minimum Gasteiger partial charge on any atom is -0.391 e. The van der Waals surface area contributed by atoms with Gasteiger partial charge in [0.15, 0.2) is 0 Å². The number of benzene rings is 1. The second-order valence-electron chi connectivity index (χ2n) is 6.24. The number of rotatable bonds is 5. The Morgan fingerprint density at radius 1 is 1.25 bits per heavy atom. The van der Waals surface area contributed by atoms with Crippen molar-refractivity contribution in [2.24, 2.45) is 0 Å². The minimum atomic E-state index is -0.440. The number of carbonyl (C=O) groups excluding carboxylic acids is 1. The smallest absolute Gasteiger partial charge is 0.315 e. The van der Waals surface area contributed by atoms with Gasteiger partial charge >= 0.3 is 6.03 Å². The Balaban J connectivity index is 1.51. The van der Waals surface area contributed by atoms with Crippen LogP contribution in [0.5, 0.6) is 0 Å². The maximum absolute atomic E-state index is 12.1. The maximum Gasteiger partial charge on any atom is 0.315 e. The highest BCUT2D eigenvalue weighted by molar-refractivity contribution is 5.74. The number of urea groups is 1. The highest BCUT2D eigenvalue weighted by Gasteiger charge is 2.24. The lowest BCUT2D eigenvalue weighted by molar-refractivity contribution is 0.0943. The summed E-state index contributed by atoms with van der Waals surface area (Å²) < 4.78 is 2.02. The Morgan fingerprint density at radius 3 is 2.83 bits per heavy atom. The van der Waals surface area contributed by atoms with Crippen molar-refractivity contribution < 1.29 is 9.90 Å². The molecule has 1 aromatic carbocycles. The first-order valence-electron chi connectivity index (χ1n) is 8.49. The first-order valence-corrected chi connectivity index (χ1v) is 8.49. The molecular weight excluding hydrogens is 304 g/mol. The van der Waals surface area contributed by atoms with Gasteiger partial charge in [-0.3, -0.25) is 0 Å². The molecule has 128 valence electrons. The third-order valence-electron chi connectivity index (χ3n) is 4.45. The molecule has 2 aromatic rings. The molecule has 1 aliphatic rings. The Labute approximate surface area is 141 Å². The van der Waals surface area contributed by atoms with Crippen LogP contribution >= 0.6 is 0 Å². The fourth-order valence-corrected chi connectivity index (χ4v) is 3.09. The summed E-state index contributed by atoms with van der Waals surface area (Å²) in [4.78, 5) is 16.4. The summed E-state index contributed by atoms with van der Waals surface area (Å²) in [7, 11) is 0. The number of aliphatic hydroxyl groups is 1. The molecule has 1 aromatic heterocycles. The molecule has 0 bridgehead atoms. The lowest BCUT2D eigenvalue weighted by Gasteiger charge is -2.28. The van der Waals surface area contributed by atoms with Gasteiger partial charge in [0.05, 0.1) is 18.7 Å². The third kappa shape index (κ3) is 4.35. The fourth-order valence-electron chi connectivity index (χ4n) is 3.09. The van der Waals surface area contributed by atoms with E-state index in [1.54, 1.807) is 6.20 Å². The van der Waals surface area contributed by atoms with Gasteiger partial charge in [-0.2, -0.15) is 0 Å². The zero-order chi connectivity index (χ0) is 16.8. The van der Waals surface area contributed by atoms with Gasteiger partial charge in [0, 0.05) is 18.9 Å². The van der Waals surface area contributed by atoms with Crippen LogP contribution in [0.4, 0.5) is 4.79 Å². The van der Waals surface area contributed by atoms with Crippen LogP contribution in [0.1, 0.15) is 37.1 Å². The Bertz CT molecular complexity index is 656. The van der Waals surface area contributed by atoms with Crippen molar-refractivity contribution in [3.63, 3.8) is 0 Å². The van der Waals surface area contributed by atoms with Gasteiger partial charge in [-0.15, -0.1) is 0 Å². The minimum absolute atomic E-state index is 0.150. The number of amides is 2. The molecule has 0 saturated heterocycles. The first-order chi connectivity index (χ1) is 11.7. The van der Waals surface area contributed by atoms with Crippen LogP contribution in [-0.2, 0) is 13.1 Å². The van der Waals surface area contributed by atoms with Gasteiger partial charge in [-0.05, 0) is 18.4 Å². The second-order valence-corrected chi connectivity index (χ2v) is 6.24. The van der Waals surface area contributed by atoms with Crippen LogP contribution in [0, 0.1) is 0 Å². The van der Waals surface area contributed by atoms with E-state index in [4.69, 9.17) is 0 Å². The van der Waals surface area contributed by atoms with Gasteiger partial charge in [-0.1, -0.05) is 43.2 Å². The van der Waals surface area contributed by atoms with E-state index >= 15 is 0 Å². The summed E-state index contributed by atoms with van der Waals surface area (Å²) in [5.74, 6) is 0.804. The van der Waals surface area contributed by atoms with E-state index in [9.17, 15) is 9.90 Å². The highest BCUT2D eigenvalue weighted by atomic mass is 16.3. The molecule has 1 fully saturated rings. The van der Waals surface area contributed by atoms with E-state index in [0.717, 1.165) is 38.1 Å². The van der Waals surface area contributed by atoms with Crippen molar-refractivity contribution in [2.75, 3.05) is 0 Å². The summed E-state index contributed by atoms with van der Waals surface area (Å²) in [6.45, 7) is 1.08. The van der Waals surface area contributed by atoms with Crippen LogP contribution < -0.4 is 10.6 Å². The molecule has 0 unspecified atom stereocenters. The molecule has 2 atom stereocenters. The topological polar surface area (TPSA) is 79.2 Å². The number of hydrogen-bond donors (Lipinski definition) is 3. The number of aromatic nitrogens is 2. The van der Waals surface area contributed by atoms with Crippen LogP contribution in [0.25, 0.3) is 0 Å². The van der Waals surface area contributed by atoms with Crippen molar-refractivity contribution >= 4 is 6.03 Å². The van der Waals surface area contributed by atoms with Crippen LogP contribution in [0.3, 0.4) is 0 Å². The van der Waals surface area contributed by atoms with Crippen LogP contribution in [0.2, 0.25) is 0 Å². The predicted molar refractivity (Wildman–Crippen MR) is 91.4 cm³/mol. The van der Waals surface area contributed by atoms with Crippen molar-refractivity contribution in [1.29, 1.82) is 0 Å². The molecule has 6 nitrogen and oxygen atoms in total. The number of imidazole rings is 1. The summed E-state index contributed by atoms with van der Waals surface area (Å²) in [6.07, 6.45) is 6.87. The molecule has 6 heteroatoms. The average Bonchev–Trinajstić information content (AvgIpc) is 3.03. The third-order valence-corrected chi connectivity index (χ3v) is 4.45. The molecule has 1 saturated carbocycles. The molecule has 0 spiro atoms. The predicted octanol–water partition coefficient (Wildman–Crippen LogP) is 2.03. The molecule has 1 heterocycles. The number of hydrogen-bond acceptors (Lipinski definition) is 3. The standard InChI is InChI=1S/C18H24N4O2/c23-16-9-5-4-8-15(16)21-18(24)20-12-17-19-10-11-22(17)13-14-6-2-1-3-7-14/h1-3,6-7,10-11,15-16,23H,4-5,8-9,12-13H2,(H2,20,21,24)/t15-,16-/m1/s1. The monoisotopic (exact) mass is 328 g/mol. The maximum atomic E-state index is 12.1. The van der Waals surface area contributed by atoms with E-state index in [2.05, 4.69) is 27.8 Å². The van der Waals surface area contributed by atoms with E-state index in [1.807, 2.05) is 29.0 Å². The van der Waals surface area contributed by atoms with E-state index < -0.39 is 6.10 Å². The van der Waals surface area contributed by atoms with Crippen molar-refractivity contribution in [2.45, 2.75) is 50.9 Å². The molecular formula is C18H24N4O2. The summed E-state index contributed by atoms with van der Waals surface area (Å²) in [5.41, 5.74) is 1.19. The Morgan fingerprint density at radius 2 is 2.04 bits per heavy atom. The van der Waals surface area contributed by atoms with Crippen molar-refractivity contribution in [1.82, 2.24) is 20.2 Å². The Kier molecular flexibility index (Phi) is 5.48. The van der Waals surface area contributed by atoms with E-state index in [-0.39, 0.29) is 12.1 Å². The van der Waals surface area contributed by atoms with Gasteiger partial charge in [0.2, 0.25) is 0 Å². The molecule has 1 aliphatic carbocycles. The molecule has 0 aliphatic heterocycles. The largest absolute Gasteiger partial charge is 0.391 e. The molecule has 3 N–H and O–H groups in total. The van der Waals surface area contributed by atoms with Gasteiger partial charge in [0.1, 0.15) is 5.82 Å². The van der Waals surface area contributed by atoms with Gasteiger partial charge in [0.25, 0.3) is 0 Å². The fraction of sp³-hybridized carbons (Fsp3) is 0.444. The zero-order valence-corrected chi connectivity index (χ0v) is 13.7. The zero-order valence-electron chi connectivity index (χ0n) is 13.7.